The molecular weight excluding hydrogens is 360 g/mol. The molecule has 29 heavy (non-hydrogen) atoms. The van der Waals surface area contributed by atoms with Crippen molar-refractivity contribution < 1.29 is 9.59 Å². The van der Waals surface area contributed by atoms with Gasteiger partial charge in [-0.25, -0.2) is 0 Å². The Morgan fingerprint density at radius 2 is 1.52 bits per heavy atom. The first-order valence-corrected chi connectivity index (χ1v) is 11.7. The topological polar surface area (TPSA) is 49.4 Å². The molecule has 5 aliphatic rings. The van der Waals surface area contributed by atoms with Gasteiger partial charge in [-0.15, -0.1) is 0 Å². The van der Waals surface area contributed by atoms with Crippen LogP contribution in [0.3, 0.4) is 0 Å². The number of carbonyl (C=O) groups is 2. The van der Waals surface area contributed by atoms with Crippen LogP contribution in [0.1, 0.15) is 63.4 Å². The number of rotatable bonds is 5. The molecule has 4 heteroatoms. The summed E-state index contributed by atoms with van der Waals surface area (Å²) < 4.78 is 0. The molecule has 1 N–H and O–H groups in total. The maximum absolute atomic E-state index is 13.5. The zero-order valence-electron chi connectivity index (χ0n) is 17.4. The van der Waals surface area contributed by atoms with E-state index >= 15 is 0 Å². The normalized spacial score (nSPS) is 33.7. The zero-order chi connectivity index (χ0) is 19.8. The molecule has 0 unspecified atom stereocenters. The lowest BCUT2D eigenvalue weighted by Gasteiger charge is -2.57. The highest BCUT2D eigenvalue weighted by molar-refractivity contribution is 5.83. The van der Waals surface area contributed by atoms with E-state index in [1.54, 1.807) is 0 Å². The van der Waals surface area contributed by atoms with Crippen molar-refractivity contribution in [3.05, 3.63) is 35.9 Å². The van der Waals surface area contributed by atoms with Crippen LogP contribution in [0.2, 0.25) is 0 Å². The average Bonchev–Trinajstić information content (AvgIpc) is 2.72. The van der Waals surface area contributed by atoms with Crippen molar-refractivity contribution in [1.29, 1.82) is 0 Å². The second kappa shape index (κ2) is 7.77. The summed E-state index contributed by atoms with van der Waals surface area (Å²) >= 11 is 0. The van der Waals surface area contributed by atoms with Gasteiger partial charge in [0.15, 0.2) is 0 Å². The highest BCUT2D eigenvalue weighted by Gasteiger charge is 2.55. The van der Waals surface area contributed by atoms with E-state index in [9.17, 15) is 9.59 Å². The Hall–Kier alpha value is -1.84. The summed E-state index contributed by atoms with van der Waals surface area (Å²) in [5, 5.41) is 3.21. The molecule has 4 nitrogen and oxygen atoms in total. The van der Waals surface area contributed by atoms with Crippen LogP contribution >= 0.6 is 0 Å². The second-order valence-corrected chi connectivity index (χ2v) is 10.3. The molecule has 4 aliphatic carbocycles. The third-order valence-electron chi connectivity index (χ3n) is 8.12. The van der Waals surface area contributed by atoms with Crippen LogP contribution in [-0.4, -0.2) is 35.8 Å². The monoisotopic (exact) mass is 394 g/mol. The lowest BCUT2D eigenvalue weighted by molar-refractivity contribution is -0.158. The fourth-order valence-corrected chi connectivity index (χ4v) is 7.14. The van der Waals surface area contributed by atoms with E-state index in [2.05, 4.69) is 22.3 Å². The van der Waals surface area contributed by atoms with Crippen molar-refractivity contribution in [2.24, 2.45) is 23.2 Å². The van der Waals surface area contributed by atoms with E-state index in [-0.39, 0.29) is 17.4 Å². The summed E-state index contributed by atoms with van der Waals surface area (Å²) in [6.45, 7) is 1.62. The molecule has 1 aromatic carbocycles. The number of hydrogen-bond acceptors (Lipinski definition) is 2. The number of amides is 2. The van der Waals surface area contributed by atoms with E-state index in [4.69, 9.17) is 0 Å². The molecule has 5 fully saturated rings. The van der Waals surface area contributed by atoms with Crippen LogP contribution in [-0.2, 0) is 16.0 Å². The molecule has 1 heterocycles. The Morgan fingerprint density at radius 1 is 0.931 bits per heavy atom. The second-order valence-electron chi connectivity index (χ2n) is 10.3. The van der Waals surface area contributed by atoms with Crippen molar-refractivity contribution in [3.63, 3.8) is 0 Å². The Bertz CT molecular complexity index is 716. The van der Waals surface area contributed by atoms with Gasteiger partial charge in [-0.05, 0) is 81.1 Å². The first-order chi connectivity index (χ1) is 14.1. The summed E-state index contributed by atoms with van der Waals surface area (Å²) in [6, 6.07) is 10.4. The summed E-state index contributed by atoms with van der Waals surface area (Å²) in [4.78, 5) is 28.0. The predicted octanol–water partition coefficient (Wildman–Crippen LogP) is 3.94. The molecule has 1 aromatic rings. The average molecular weight is 395 g/mol. The Kier molecular flexibility index (Phi) is 5.13. The number of carbonyl (C=O) groups excluding carboxylic acids is 2. The molecule has 4 bridgehead atoms. The minimum Gasteiger partial charge on any atom is -0.353 e. The number of nitrogens with one attached hydrogen (secondary N) is 1. The van der Waals surface area contributed by atoms with Gasteiger partial charge in [-0.2, -0.15) is 0 Å². The lowest BCUT2D eigenvalue weighted by Crippen LogP contribution is -2.56. The number of piperidine rings is 1. The summed E-state index contributed by atoms with van der Waals surface area (Å²) in [5.41, 5.74) is 1.18. The van der Waals surface area contributed by atoms with Crippen LogP contribution in [0.15, 0.2) is 30.3 Å². The van der Waals surface area contributed by atoms with Gasteiger partial charge in [0.2, 0.25) is 11.8 Å². The predicted molar refractivity (Wildman–Crippen MR) is 113 cm³/mol. The smallest absolute Gasteiger partial charge is 0.228 e. The summed E-state index contributed by atoms with van der Waals surface area (Å²) in [5.74, 6) is 3.02. The van der Waals surface area contributed by atoms with Gasteiger partial charge in [0.05, 0.1) is 5.41 Å². The van der Waals surface area contributed by atoms with E-state index in [0.29, 0.717) is 12.3 Å². The van der Waals surface area contributed by atoms with Crippen molar-refractivity contribution in [2.75, 3.05) is 13.1 Å². The highest BCUT2D eigenvalue weighted by atomic mass is 16.2. The number of nitrogens with zero attached hydrogens (tertiary/aromatic N) is 1. The minimum absolute atomic E-state index is 0.0273. The van der Waals surface area contributed by atoms with Gasteiger partial charge < -0.3 is 10.2 Å². The maximum atomic E-state index is 13.5. The molecule has 2 amide bonds. The molecule has 0 atom stereocenters. The quantitative estimate of drug-likeness (QED) is 0.822. The van der Waals surface area contributed by atoms with Crippen molar-refractivity contribution in [1.82, 2.24) is 10.2 Å². The lowest BCUT2D eigenvalue weighted by atomic mass is 9.49. The van der Waals surface area contributed by atoms with Crippen molar-refractivity contribution >= 4 is 11.8 Å². The molecule has 1 aliphatic heterocycles. The van der Waals surface area contributed by atoms with Crippen LogP contribution in [0.4, 0.5) is 0 Å². The van der Waals surface area contributed by atoms with Gasteiger partial charge >= 0.3 is 0 Å². The molecule has 6 rings (SSSR count). The third kappa shape index (κ3) is 3.95. The minimum atomic E-state index is -0.0273. The fraction of sp³-hybridized carbons (Fsp3) is 0.680. The molecule has 0 aromatic heterocycles. The van der Waals surface area contributed by atoms with Gasteiger partial charge in [-0.1, -0.05) is 30.3 Å². The van der Waals surface area contributed by atoms with E-state index < -0.39 is 0 Å². The fourth-order valence-electron chi connectivity index (χ4n) is 7.14. The van der Waals surface area contributed by atoms with Crippen molar-refractivity contribution in [2.45, 2.75) is 70.3 Å². The first kappa shape index (κ1) is 19.1. The molecule has 4 saturated carbocycles. The number of likely N-dealkylation sites (tertiary alicyclic amines) is 1. The standard InChI is InChI=1S/C25H34N2O2/c28-23(7-6-18-4-2-1-3-5-18)26-22-8-10-27(11-9-22)24(29)25-15-19-12-20(16-25)14-21(13-19)17-25/h1-5,19-22H,6-17H2,(H,26,28). The zero-order valence-corrected chi connectivity index (χ0v) is 17.4. The van der Waals surface area contributed by atoms with Gasteiger partial charge in [-0.3, -0.25) is 9.59 Å². The maximum Gasteiger partial charge on any atom is 0.228 e. The summed E-state index contributed by atoms with van der Waals surface area (Å²) in [6.07, 6.45) is 10.7. The SMILES string of the molecule is O=C(CCc1ccccc1)NC1CCN(C(=O)C23CC4CC(CC(C4)C2)C3)CC1. The van der Waals surface area contributed by atoms with Gasteiger partial charge in [0, 0.05) is 25.6 Å². The number of benzene rings is 1. The molecule has 1 saturated heterocycles. The van der Waals surface area contributed by atoms with E-state index in [1.807, 2.05) is 18.2 Å². The van der Waals surface area contributed by atoms with E-state index in [1.165, 1.54) is 24.8 Å². The number of aryl methyl sites for hydroxylation is 1. The van der Waals surface area contributed by atoms with Crippen LogP contribution in [0.25, 0.3) is 0 Å². The highest BCUT2D eigenvalue weighted by Crippen LogP contribution is 2.60. The number of hydrogen-bond donors (Lipinski definition) is 1. The van der Waals surface area contributed by atoms with Crippen LogP contribution in [0, 0.1) is 23.2 Å². The molecular formula is C25H34N2O2. The van der Waals surface area contributed by atoms with E-state index in [0.717, 1.165) is 69.4 Å². The van der Waals surface area contributed by atoms with Gasteiger partial charge in [0.25, 0.3) is 0 Å². The molecule has 0 spiro atoms. The van der Waals surface area contributed by atoms with Crippen LogP contribution in [0.5, 0.6) is 0 Å². The first-order valence-electron chi connectivity index (χ1n) is 11.7. The Labute approximate surface area is 174 Å². The largest absolute Gasteiger partial charge is 0.353 e. The van der Waals surface area contributed by atoms with Gasteiger partial charge in [0.1, 0.15) is 0 Å². The Balaban J connectivity index is 1.10. The Morgan fingerprint density at radius 3 is 2.10 bits per heavy atom. The molecule has 156 valence electrons. The van der Waals surface area contributed by atoms with Crippen molar-refractivity contribution in [3.8, 4) is 0 Å². The summed E-state index contributed by atoms with van der Waals surface area (Å²) in [7, 11) is 0. The van der Waals surface area contributed by atoms with Crippen LogP contribution < -0.4 is 5.32 Å². The third-order valence-corrected chi connectivity index (χ3v) is 8.12. The molecule has 0 radical (unpaired) electrons.